The van der Waals surface area contributed by atoms with E-state index in [0.717, 1.165) is 19.3 Å². The van der Waals surface area contributed by atoms with Crippen LogP contribution in [-0.2, 0) is 5.54 Å². The zero-order chi connectivity index (χ0) is 15.3. The second-order valence-corrected chi connectivity index (χ2v) is 6.81. The van der Waals surface area contributed by atoms with Crippen molar-refractivity contribution in [3.63, 3.8) is 0 Å². The highest BCUT2D eigenvalue weighted by molar-refractivity contribution is 5.74. The van der Waals surface area contributed by atoms with Crippen molar-refractivity contribution in [2.24, 2.45) is 0 Å². The Bertz CT molecular complexity index is 721. The second-order valence-electron chi connectivity index (χ2n) is 6.81. The summed E-state index contributed by atoms with van der Waals surface area (Å²) >= 11 is 0. The van der Waals surface area contributed by atoms with Crippen LogP contribution in [0.1, 0.15) is 40.0 Å². The van der Waals surface area contributed by atoms with E-state index in [0.29, 0.717) is 23.5 Å². The summed E-state index contributed by atoms with van der Waals surface area (Å²) in [6, 6.07) is 0. The number of aliphatic hydroxyl groups is 1. The Morgan fingerprint density at radius 2 is 2.19 bits per heavy atom. The van der Waals surface area contributed by atoms with E-state index in [1.807, 2.05) is 20.8 Å². The van der Waals surface area contributed by atoms with Crippen LogP contribution < -0.4 is 10.9 Å². The summed E-state index contributed by atoms with van der Waals surface area (Å²) in [5.41, 5.74) is -0.600. The molecule has 1 aliphatic carbocycles. The molecule has 7 nitrogen and oxygen atoms in total. The molecule has 0 spiro atoms. The van der Waals surface area contributed by atoms with E-state index < -0.39 is 5.60 Å². The Labute approximate surface area is 122 Å². The molecule has 2 heterocycles. The molecule has 0 atom stereocenters. The number of aromatic nitrogens is 4. The van der Waals surface area contributed by atoms with Crippen molar-refractivity contribution >= 4 is 17.0 Å². The highest BCUT2D eigenvalue weighted by atomic mass is 16.3. The van der Waals surface area contributed by atoms with Crippen molar-refractivity contribution in [1.82, 2.24) is 19.7 Å². The van der Waals surface area contributed by atoms with Gasteiger partial charge in [0, 0.05) is 6.54 Å². The van der Waals surface area contributed by atoms with Crippen LogP contribution in [0.4, 0.5) is 5.95 Å². The largest absolute Gasteiger partial charge is 0.388 e. The first kappa shape index (κ1) is 14.1. The average molecular weight is 291 g/mol. The van der Waals surface area contributed by atoms with Crippen molar-refractivity contribution in [3.8, 4) is 0 Å². The molecular weight excluding hydrogens is 270 g/mol. The van der Waals surface area contributed by atoms with Gasteiger partial charge in [0.1, 0.15) is 5.39 Å². The van der Waals surface area contributed by atoms with Crippen LogP contribution in [0.3, 0.4) is 0 Å². The molecule has 7 heteroatoms. The van der Waals surface area contributed by atoms with Crippen molar-refractivity contribution < 1.29 is 5.11 Å². The number of nitrogens with one attached hydrogen (secondary N) is 2. The van der Waals surface area contributed by atoms with Crippen molar-refractivity contribution in [3.05, 3.63) is 16.6 Å². The van der Waals surface area contributed by atoms with Crippen LogP contribution in [0.15, 0.2) is 11.0 Å². The summed E-state index contributed by atoms with van der Waals surface area (Å²) < 4.78 is 1.74. The van der Waals surface area contributed by atoms with Crippen molar-refractivity contribution in [2.75, 3.05) is 11.9 Å². The SMILES string of the molecule is CC(C)(C)n1ncc2c(=O)[nH]c(NCC3(O)CCC3)nc21. The lowest BCUT2D eigenvalue weighted by molar-refractivity contribution is -0.0203. The molecule has 3 N–H and O–H groups in total. The molecule has 0 aliphatic heterocycles. The van der Waals surface area contributed by atoms with Gasteiger partial charge in [0.25, 0.3) is 5.56 Å². The highest BCUT2D eigenvalue weighted by Crippen LogP contribution is 2.31. The van der Waals surface area contributed by atoms with E-state index in [1.54, 1.807) is 4.68 Å². The number of hydrogen-bond acceptors (Lipinski definition) is 5. The summed E-state index contributed by atoms with van der Waals surface area (Å²) in [6.07, 6.45) is 4.15. The lowest BCUT2D eigenvalue weighted by Gasteiger charge is -2.36. The first-order chi connectivity index (χ1) is 9.78. The Kier molecular flexibility index (Phi) is 3.05. The molecule has 0 aromatic carbocycles. The van der Waals surface area contributed by atoms with Gasteiger partial charge in [-0.15, -0.1) is 0 Å². The number of nitrogens with zero attached hydrogens (tertiary/aromatic N) is 3. The Balaban J connectivity index is 1.95. The van der Waals surface area contributed by atoms with E-state index in [2.05, 4.69) is 20.4 Å². The molecule has 2 aromatic heterocycles. The first-order valence-electron chi connectivity index (χ1n) is 7.23. The van der Waals surface area contributed by atoms with Gasteiger partial charge in [-0.05, 0) is 40.0 Å². The van der Waals surface area contributed by atoms with E-state index >= 15 is 0 Å². The maximum absolute atomic E-state index is 12.1. The van der Waals surface area contributed by atoms with Crippen LogP contribution in [0.2, 0.25) is 0 Å². The Morgan fingerprint density at radius 1 is 1.48 bits per heavy atom. The molecule has 1 fully saturated rings. The maximum Gasteiger partial charge on any atom is 0.263 e. The third-order valence-corrected chi connectivity index (χ3v) is 3.94. The Morgan fingerprint density at radius 3 is 2.76 bits per heavy atom. The fourth-order valence-electron chi connectivity index (χ4n) is 2.50. The fourth-order valence-corrected chi connectivity index (χ4v) is 2.50. The van der Waals surface area contributed by atoms with Gasteiger partial charge in [0.05, 0.1) is 17.3 Å². The van der Waals surface area contributed by atoms with Gasteiger partial charge in [-0.3, -0.25) is 9.78 Å². The predicted octanol–water partition coefficient (Wildman–Crippen LogP) is 1.20. The zero-order valence-corrected chi connectivity index (χ0v) is 12.6. The standard InChI is InChI=1S/C14H21N5O2/c1-13(2,3)19-10-9(7-16-19)11(20)18-12(17-10)15-8-14(21)5-4-6-14/h7,21H,4-6,8H2,1-3H3,(H2,15,17,18,20). The molecule has 0 bridgehead atoms. The zero-order valence-electron chi connectivity index (χ0n) is 12.6. The van der Waals surface area contributed by atoms with E-state index in [-0.39, 0.29) is 11.1 Å². The highest BCUT2D eigenvalue weighted by Gasteiger charge is 2.34. The molecule has 0 saturated heterocycles. The predicted molar refractivity (Wildman–Crippen MR) is 80.4 cm³/mol. The number of fused-ring (bicyclic) bond motifs is 1. The summed E-state index contributed by atoms with van der Waals surface area (Å²) in [5.74, 6) is 0.374. The number of hydrogen-bond donors (Lipinski definition) is 3. The molecule has 114 valence electrons. The van der Waals surface area contributed by atoms with Gasteiger partial charge < -0.3 is 10.4 Å². The van der Waals surface area contributed by atoms with Gasteiger partial charge >= 0.3 is 0 Å². The quantitative estimate of drug-likeness (QED) is 0.789. The molecule has 1 saturated carbocycles. The molecule has 2 aromatic rings. The lowest BCUT2D eigenvalue weighted by Crippen LogP contribution is -2.43. The monoisotopic (exact) mass is 291 g/mol. The van der Waals surface area contributed by atoms with Gasteiger partial charge in [-0.1, -0.05) is 0 Å². The molecule has 0 amide bonds. The van der Waals surface area contributed by atoms with Gasteiger partial charge in [0.15, 0.2) is 5.65 Å². The number of H-pyrrole nitrogens is 1. The topological polar surface area (TPSA) is 95.8 Å². The second kappa shape index (κ2) is 4.56. The molecule has 0 unspecified atom stereocenters. The summed E-state index contributed by atoms with van der Waals surface area (Å²) in [4.78, 5) is 19.2. The minimum absolute atomic E-state index is 0.224. The molecule has 21 heavy (non-hydrogen) atoms. The van der Waals surface area contributed by atoms with Crippen LogP contribution in [0.25, 0.3) is 11.0 Å². The van der Waals surface area contributed by atoms with E-state index in [9.17, 15) is 9.90 Å². The third-order valence-electron chi connectivity index (χ3n) is 3.94. The van der Waals surface area contributed by atoms with Gasteiger partial charge in [0.2, 0.25) is 5.95 Å². The van der Waals surface area contributed by atoms with Crippen molar-refractivity contribution in [1.29, 1.82) is 0 Å². The number of aromatic amines is 1. The lowest BCUT2D eigenvalue weighted by atomic mass is 9.80. The van der Waals surface area contributed by atoms with Gasteiger partial charge in [-0.25, -0.2) is 4.68 Å². The minimum Gasteiger partial charge on any atom is -0.388 e. The molecule has 1 aliphatic rings. The average Bonchev–Trinajstić information content (AvgIpc) is 2.78. The number of rotatable bonds is 3. The van der Waals surface area contributed by atoms with Crippen LogP contribution >= 0.6 is 0 Å². The first-order valence-corrected chi connectivity index (χ1v) is 7.23. The Hall–Kier alpha value is -1.89. The molecule has 3 rings (SSSR count). The maximum atomic E-state index is 12.1. The number of anilines is 1. The van der Waals surface area contributed by atoms with E-state index in [1.165, 1.54) is 6.20 Å². The summed E-state index contributed by atoms with van der Waals surface area (Å²) in [7, 11) is 0. The van der Waals surface area contributed by atoms with Crippen LogP contribution in [0, 0.1) is 0 Å². The molecular formula is C14H21N5O2. The van der Waals surface area contributed by atoms with Gasteiger partial charge in [-0.2, -0.15) is 10.1 Å². The van der Waals surface area contributed by atoms with Crippen LogP contribution in [0.5, 0.6) is 0 Å². The fraction of sp³-hybridized carbons (Fsp3) is 0.643. The van der Waals surface area contributed by atoms with Crippen molar-refractivity contribution in [2.45, 2.75) is 51.2 Å². The smallest absolute Gasteiger partial charge is 0.263 e. The summed E-state index contributed by atoms with van der Waals surface area (Å²) in [5, 5.41) is 17.9. The minimum atomic E-state index is -0.669. The van der Waals surface area contributed by atoms with Crippen LogP contribution in [-0.4, -0.2) is 37.0 Å². The molecule has 0 radical (unpaired) electrons. The van der Waals surface area contributed by atoms with E-state index in [4.69, 9.17) is 0 Å². The summed E-state index contributed by atoms with van der Waals surface area (Å²) in [6.45, 7) is 6.41. The normalized spacial score (nSPS) is 17.7. The third kappa shape index (κ3) is 2.53.